The number of methoxy groups -OCH3 is 1. The first-order valence-electron chi connectivity index (χ1n) is 6.50. The van der Waals surface area contributed by atoms with E-state index >= 15 is 0 Å². The minimum absolute atomic E-state index is 0.218. The maximum absolute atomic E-state index is 11.8. The first-order valence-corrected chi connectivity index (χ1v) is 8.31. The molecule has 2 unspecified atom stereocenters. The zero-order valence-corrected chi connectivity index (χ0v) is 13.4. The van der Waals surface area contributed by atoms with Crippen LogP contribution in [0.3, 0.4) is 0 Å². The normalized spacial score (nSPS) is 14.0. The molecule has 0 aliphatic carbocycles. The zero-order chi connectivity index (χ0) is 16.8. The second-order valence-electron chi connectivity index (χ2n) is 4.74. The number of esters is 1. The van der Waals surface area contributed by atoms with E-state index in [9.17, 15) is 18.0 Å². The second-order valence-corrected chi connectivity index (χ2v) is 6.34. The lowest BCUT2D eigenvalue weighted by atomic mass is 10.0. The van der Waals surface area contributed by atoms with Crippen molar-refractivity contribution in [3.05, 3.63) is 35.9 Å². The van der Waals surface area contributed by atoms with E-state index in [1.54, 1.807) is 24.3 Å². The summed E-state index contributed by atoms with van der Waals surface area (Å²) < 4.78 is 32.1. The van der Waals surface area contributed by atoms with E-state index in [1.165, 1.54) is 6.92 Å². The standard InChI is InChI=1S/C14H19NO6S/c1-10(16)15-12(9-11-7-5-4-6-8-11)13(14(17)20-2)21-22(3,18)19/h4-8,12-13H,9H2,1-3H3,(H,15,16). The van der Waals surface area contributed by atoms with E-state index in [2.05, 4.69) is 10.1 Å². The molecule has 0 heterocycles. The molecule has 22 heavy (non-hydrogen) atoms. The number of hydrogen-bond donors (Lipinski definition) is 1. The van der Waals surface area contributed by atoms with E-state index in [0.29, 0.717) is 0 Å². The van der Waals surface area contributed by atoms with Crippen LogP contribution in [0.25, 0.3) is 0 Å². The van der Waals surface area contributed by atoms with Gasteiger partial charge < -0.3 is 10.1 Å². The number of amides is 1. The van der Waals surface area contributed by atoms with Crippen LogP contribution in [0.5, 0.6) is 0 Å². The number of carbonyl (C=O) groups is 2. The van der Waals surface area contributed by atoms with Crippen molar-refractivity contribution in [2.75, 3.05) is 13.4 Å². The molecule has 0 fully saturated rings. The molecule has 7 nitrogen and oxygen atoms in total. The molecule has 8 heteroatoms. The predicted molar refractivity (Wildman–Crippen MR) is 79.5 cm³/mol. The molecular weight excluding hydrogens is 310 g/mol. The molecule has 1 amide bonds. The van der Waals surface area contributed by atoms with Gasteiger partial charge in [0.25, 0.3) is 10.1 Å². The van der Waals surface area contributed by atoms with Gasteiger partial charge in [-0.1, -0.05) is 30.3 Å². The second kappa shape index (κ2) is 7.90. The Balaban J connectivity index is 3.07. The quantitative estimate of drug-likeness (QED) is 0.569. The van der Waals surface area contributed by atoms with Crippen molar-refractivity contribution in [1.82, 2.24) is 5.32 Å². The summed E-state index contributed by atoms with van der Waals surface area (Å²) in [6.07, 6.45) is -0.407. The summed E-state index contributed by atoms with van der Waals surface area (Å²) in [5.41, 5.74) is 0.812. The Kier molecular flexibility index (Phi) is 6.51. The van der Waals surface area contributed by atoms with Crippen LogP contribution in [0.15, 0.2) is 30.3 Å². The van der Waals surface area contributed by atoms with Gasteiger partial charge in [-0.3, -0.25) is 8.98 Å². The number of rotatable bonds is 7. The predicted octanol–water partition coefficient (Wildman–Crippen LogP) is 0.252. The van der Waals surface area contributed by atoms with Gasteiger partial charge in [0.1, 0.15) is 0 Å². The molecule has 1 N–H and O–H groups in total. The third kappa shape index (κ3) is 6.23. The van der Waals surface area contributed by atoms with E-state index in [-0.39, 0.29) is 6.42 Å². The molecule has 1 aromatic carbocycles. The van der Waals surface area contributed by atoms with Crippen molar-refractivity contribution < 1.29 is 26.9 Å². The highest BCUT2D eigenvalue weighted by molar-refractivity contribution is 7.86. The molecule has 1 rings (SSSR count). The third-order valence-corrected chi connectivity index (χ3v) is 3.32. The van der Waals surface area contributed by atoms with Gasteiger partial charge in [0, 0.05) is 6.92 Å². The third-order valence-electron chi connectivity index (χ3n) is 2.76. The molecule has 122 valence electrons. The van der Waals surface area contributed by atoms with Gasteiger partial charge in [-0.25, -0.2) is 4.79 Å². The molecule has 0 spiro atoms. The van der Waals surface area contributed by atoms with Crippen LogP contribution in [0.2, 0.25) is 0 Å². The van der Waals surface area contributed by atoms with Gasteiger partial charge >= 0.3 is 5.97 Å². The molecule has 1 aromatic rings. The van der Waals surface area contributed by atoms with Gasteiger partial charge in [-0.2, -0.15) is 8.42 Å². The highest BCUT2D eigenvalue weighted by atomic mass is 32.2. The van der Waals surface area contributed by atoms with Crippen LogP contribution in [0.1, 0.15) is 12.5 Å². The van der Waals surface area contributed by atoms with Crippen LogP contribution in [-0.4, -0.2) is 45.8 Å². The van der Waals surface area contributed by atoms with Crippen LogP contribution >= 0.6 is 0 Å². The van der Waals surface area contributed by atoms with Crippen LogP contribution < -0.4 is 5.32 Å². The molecule has 0 radical (unpaired) electrons. The fourth-order valence-corrected chi connectivity index (χ4v) is 2.53. The van der Waals surface area contributed by atoms with Gasteiger partial charge in [0.05, 0.1) is 19.4 Å². The Morgan fingerprint density at radius 2 is 1.82 bits per heavy atom. The highest BCUT2D eigenvalue weighted by Crippen LogP contribution is 2.12. The fraction of sp³-hybridized carbons (Fsp3) is 0.429. The SMILES string of the molecule is COC(=O)C(OS(C)(=O)=O)C(Cc1ccccc1)NC(C)=O. The Labute approximate surface area is 129 Å². The average Bonchev–Trinajstić information content (AvgIpc) is 2.43. The maximum atomic E-state index is 11.8. The van der Waals surface area contributed by atoms with Crippen LogP contribution in [0.4, 0.5) is 0 Å². The van der Waals surface area contributed by atoms with Crippen molar-refractivity contribution in [3.63, 3.8) is 0 Å². The Hall–Kier alpha value is -1.93. The lowest BCUT2D eigenvalue weighted by Crippen LogP contribution is -2.50. The summed E-state index contributed by atoms with van der Waals surface area (Å²) in [6.45, 7) is 1.27. The molecule has 0 bridgehead atoms. The molecule has 0 aliphatic heterocycles. The number of nitrogens with one attached hydrogen (secondary N) is 1. The van der Waals surface area contributed by atoms with Gasteiger partial charge in [-0.15, -0.1) is 0 Å². The first-order chi connectivity index (χ1) is 10.2. The summed E-state index contributed by atoms with van der Waals surface area (Å²) in [5.74, 6) is -1.29. The topological polar surface area (TPSA) is 98.8 Å². The minimum atomic E-state index is -3.90. The Bertz CT molecular complexity index is 613. The maximum Gasteiger partial charge on any atom is 0.338 e. The van der Waals surface area contributed by atoms with Crippen molar-refractivity contribution >= 4 is 22.0 Å². The van der Waals surface area contributed by atoms with Crippen molar-refractivity contribution in [2.24, 2.45) is 0 Å². The number of ether oxygens (including phenoxy) is 1. The zero-order valence-electron chi connectivity index (χ0n) is 12.6. The summed E-state index contributed by atoms with van der Waals surface area (Å²) >= 11 is 0. The van der Waals surface area contributed by atoms with Crippen LogP contribution in [0, 0.1) is 0 Å². The fourth-order valence-electron chi connectivity index (χ4n) is 1.94. The van der Waals surface area contributed by atoms with Crippen molar-refractivity contribution in [2.45, 2.75) is 25.5 Å². The average molecular weight is 329 g/mol. The monoisotopic (exact) mass is 329 g/mol. The van der Waals surface area contributed by atoms with Crippen LogP contribution in [-0.2, 0) is 35.0 Å². The summed E-state index contributed by atoms with van der Waals surface area (Å²) in [4.78, 5) is 23.2. The molecular formula is C14H19NO6S. The molecule has 0 aliphatic rings. The van der Waals surface area contributed by atoms with Gasteiger partial charge in [0.15, 0.2) is 6.10 Å². The molecule has 2 atom stereocenters. The summed E-state index contributed by atoms with van der Waals surface area (Å²) in [6, 6.07) is 8.13. The number of benzene rings is 1. The van der Waals surface area contributed by atoms with Gasteiger partial charge in [-0.05, 0) is 12.0 Å². The lowest BCUT2D eigenvalue weighted by molar-refractivity contribution is -0.150. The largest absolute Gasteiger partial charge is 0.467 e. The van der Waals surface area contributed by atoms with Gasteiger partial charge in [0.2, 0.25) is 5.91 Å². The molecule has 0 saturated heterocycles. The number of hydrogen-bond acceptors (Lipinski definition) is 6. The lowest BCUT2D eigenvalue weighted by Gasteiger charge is -2.25. The summed E-state index contributed by atoms with van der Waals surface area (Å²) in [5, 5.41) is 2.54. The van der Waals surface area contributed by atoms with Crippen molar-refractivity contribution in [1.29, 1.82) is 0 Å². The van der Waals surface area contributed by atoms with Crippen molar-refractivity contribution in [3.8, 4) is 0 Å². The van der Waals surface area contributed by atoms with E-state index in [1.807, 2.05) is 6.07 Å². The Morgan fingerprint density at radius 1 is 1.23 bits per heavy atom. The van der Waals surface area contributed by atoms with E-state index in [0.717, 1.165) is 18.9 Å². The minimum Gasteiger partial charge on any atom is -0.467 e. The van der Waals surface area contributed by atoms with E-state index < -0.39 is 34.1 Å². The number of carbonyl (C=O) groups excluding carboxylic acids is 2. The highest BCUT2D eigenvalue weighted by Gasteiger charge is 2.34. The molecule has 0 saturated carbocycles. The smallest absolute Gasteiger partial charge is 0.338 e. The summed E-state index contributed by atoms with van der Waals surface area (Å²) in [7, 11) is -2.78. The first kappa shape index (κ1) is 18.1. The molecule has 0 aromatic heterocycles. The Morgan fingerprint density at radius 3 is 2.27 bits per heavy atom. The van der Waals surface area contributed by atoms with E-state index in [4.69, 9.17) is 4.18 Å².